The van der Waals surface area contributed by atoms with Crippen LogP contribution >= 0.6 is 11.8 Å². The highest BCUT2D eigenvalue weighted by Crippen LogP contribution is 2.26. The molecule has 0 radical (unpaired) electrons. The molecule has 3 aromatic rings. The van der Waals surface area contributed by atoms with Crippen LogP contribution in [0.4, 0.5) is 11.4 Å². The Morgan fingerprint density at radius 1 is 1.27 bits per heavy atom. The second kappa shape index (κ2) is 7.74. The third-order valence-corrected chi connectivity index (χ3v) is 4.39. The molecule has 9 nitrogen and oxygen atoms in total. The van der Waals surface area contributed by atoms with Crippen molar-refractivity contribution in [3.05, 3.63) is 58.9 Å². The van der Waals surface area contributed by atoms with Gasteiger partial charge in [-0.1, -0.05) is 23.9 Å². The molecule has 1 atom stereocenters. The van der Waals surface area contributed by atoms with Gasteiger partial charge in [0.25, 0.3) is 5.69 Å². The number of nitrogens with zero attached hydrogens (tertiary/aromatic N) is 4. The smallest absolute Gasteiger partial charge is 0.292 e. The Kier molecular flexibility index (Phi) is 5.23. The lowest BCUT2D eigenvalue weighted by Crippen LogP contribution is -2.23. The minimum Gasteiger partial charge on any atom is -0.319 e. The van der Waals surface area contributed by atoms with Gasteiger partial charge in [0.05, 0.1) is 10.2 Å². The van der Waals surface area contributed by atoms with E-state index in [1.165, 1.54) is 12.1 Å². The van der Waals surface area contributed by atoms with Crippen LogP contribution in [0.1, 0.15) is 6.92 Å². The predicted molar refractivity (Wildman–Crippen MR) is 96.7 cm³/mol. The van der Waals surface area contributed by atoms with Crippen LogP contribution in [0.5, 0.6) is 0 Å². The topological polar surface area (TPSA) is 127 Å². The maximum Gasteiger partial charge on any atom is 0.292 e. The van der Waals surface area contributed by atoms with Crippen molar-refractivity contribution >= 4 is 29.0 Å². The molecule has 132 valence electrons. The number of carbonyl (C=O) groups is 1. The zero-order valence-electron chi connectivity index (χ0n) is 13.6. The van der Waals surface area contributed by atoms with Gasteiger partial charge in [-0.15, -0.1) is 5.10 Å². The van der Waals surface area contributed by atoms with Crippen LogP contribution in [0, 0.1) is 10.1 Å². The van der Waals surface area contributed by atoms with Crippen molar-refractivity contribution in [3.8, 4) is 11.4 Å². The Morgan fingerprint density at radius 2 is 2.00 bits per heavy atom. The molecule has 0 spiro atoms. The summed E-state index contributed by atoms with van der Waals surface area (Å²) in [5.74, 6) is 0.195. The Balaban J connectivity index is 1.67. The quantitative estimate of drug-likeness (QED) is 0.388. The number of amides is 1. The number of nitrogens with one attached hydrogen (secondary N) is 2. The number of nitro groups is 1. The number of aromatic nitrogens is 4. The number of carbonyl (C=O) groups excluding carboxylic acids is 1. The van der Waals surface area contributed by atoms with Gasteiger partial charge in [0.15, 0.2) is 5.82 Å². The maximum absolute atomic E-state index is 12.3. The zero-order chi connectivity index (χ0) is 18.5. The van der Waals surface area contributed by atoms with E-state index >= 15 is 0 Å². The Labute approximate surface area is 152 Å². The third-order valence-electron chi connectivity index (χ3n) is 3.43. The molecular formula is C16H14N6O3S. The summed E-state index contributed by atoms with van der Waals surface area (Å²) in [5, 5.41) is 20.4. The van der Waals surface area contributed by atoms with Crippen molar-refractivity contribution in [2.24, 2.45) is 0 Å². The van der Waals surface area contributed by atoms with Gasteiger partial charge in [0.2, 0.25) is 11.1 Å². The van der Waals surface area contributed by atoms with Gasteiger partial charge in [-0.2, -0.15) is 0 Å². The number of H-pyrrole nitrogens is 1. The van der Waals surface area contributed by atoms with E-state index in [0.29, 0.717) is 11.0 Å². The molecule has 10 heteroatoms. The Bertz CT molecular complexity index is 930. The molecule has 0 saturated carbocycles. The number of aromatic amines is 1. The van der Waals surface area contributed by atoms with Crippen LogP contribution in [0.25, 0.3) is 11.4 Å². The van der Waals surface area contributed by atoms with Crippen LogP contribution in [-0.2, 0) is 4.79 Å². The summed E-state index contributed by atoms with van der Waals surface area (Å²) in [7, 11) is 0. The van der Waals surface area contributed by atoms with Crippen LogP contribution in [0.15, 0.2) is 53.9 Å². The number of thioether (sulfide) groups is 1. The van der Waals surface area contributed by atoms with E-state index in [2.05, 4.69) is 25.5 Å². The summed E-state index contributed by atoms with van der Waals surface area (Å²) in [6, 6.07) is 9.57. The van der Waals surface area contributed by atoms with Crippen LogP contribution < -0.4 is 5.32 Å². The fourth-order valence-corrected chi connectivity index (χ4v) is 2.85. The largest absolute Gasteiger partial charge is 0.319 e. The van der Waals surface area contributed by atoms with Crippen molar-refractivity contribution < 1.29 is 9.72 Å². The summed E-state index contributed by atoms with van der Waals surface area (Å²) in [4.78, 5) is 31.1. The minimum atomic E-state index is -0.545. The molecule has 3 rings (SSSR count). The van der Waals surface area contributed by atoms with Gasteiger partial charge in [-0.05, 0) is 25.1 Å². The number of rotatable bonds is 6. The predicted octanol–water partition coefficient (Wildman–Crippen LogP) is 2.89. The first-order valence-electron chi connectivity index (χ1n) is 7.58. The fourth-order valence-electron chi connectivity index (χ4n) is 2.12. The summed E-state index contributed by atoms with van der Waals surface area (Å²) >= 11 is 1.15. The van der Waals surface area contributed by atoms with E-state index in [0.717, 1.165) is 17.3 Å². The average Bonchev–Trinajstić information content (AvgIpc) is 3.11. The number of benzene rings is 1. The molecular weight excluding hydrogens is 356 g/mol. The standard InChI is InChI=1S/C16H14N6O3S/c1-10(15(23)18-12-4-2-3-5-13(12)22(24)25)26-16-19-14(20-21-16)11-6-8-17-9-7-11/h2-10H,1H3,(H,18,23)(H,19,20,21)/t10-/m0/s1. The summed E-state index contributed by atoms with van der Waals surface area (Å²) in [6.45, 7) is 1.68. The minimum absolute atomic E-state index is 0.155. The lowest BCUT2D eigenvalue weighted by molar-refractivity contribution is -0.383. The lowest BCUT2D eigenvalue weighted by atomic mass is 10.2. The molecule has 1 aromatic carbocycles. The van der Waals surface area contributed by atoms with Crippen molar-refractivity contribution in [2.45, 2.75) is 17.3 Å². The van der Waals surface area contributed by atoms with Crippen molar-refractivity contribution in [1.29, 1.82) is 0 Å². The fraction of sp³-hybridized carbons (Fsp3) is 0.125. The molecule has 1 amide bonds. The van der Waals surface area contributed by atoms with E-state index in [4.69, 9.17) is 0 Å². The van der Waals surface area contributed by atoms with E-state index in [-0.39, 0.29) is 17.3 Å². The number of anilines is 1. The Morgan fingerprint density at radius 3 is 2.73 bits per heavy atom. The summed E-state index contributed by atoms with van der Waals surface area (Å²) in [6.07, 6.45) is 3.29. The van der Waals surface area contributed by atoms with Crippen LogP contribution in [0.3, 0.4) is 0 Å². The summed E-state index contributed by atoms with van der Waals surface area (Å²) in [5.41, 5.74) is 0.828. The number of para-hydroxylation sites is 2. The summed E-state index contributed by atoms with van der Waals surface area (Å²) < 4.78 is 0. The highest BCUT2D eigenvalue weighted by atomic mass is 32.2. The van der Waals surface area contributed by atoms with E-state index < -0.39 is 10.2 Å². The molecule has 0 aliphatic heterocycles. The molecule has 2 heterocycles. The van der Waals surface area contributed by atoms with Crippen molar-refractivity contribution in [2.75, 3.05) is 5.32 Å². The first-order chi connectivity index (χ1) is 12.5. The number of nitro benzene ring substituents is 1. The van der Waals surface area contributed by atoms with Crippen molar-refractivity contribution in [1.82, 2.24) is 20.2 Å². The second-order valence-electron chi connectivity index (χ2n) is 5.23. The molecule has 0 aliphatic carbocycles. The molecule has 2 aromatic heterocycles. The normalized spacial score (nSPS) is 11.7. The second-order valence-corrected chi connectivity index (χ2v) is 6.53. The molecule has 0 bridgehead atoms. The highest BCUT2D eigenvalue weighted by Gasteiger charge is 2.21. The van der Waals surface area contributed by atoms with Gasteiger partial charge >= 0.3 is 0 Å². The number of pyridine rings is 1. The SMILES string of the molecule is C[C@H](Sc1n[nH]c(-c2ccncc2)n1)C(=O)Nc1ccccc1[N+](=O)[O-]. The van der Waals surface area contributed by atoms with Gasteiger partial charge in [0, 0.05) is 24.0 Å². The average molecular weight is 370 g/mol. The van der Waals surface area contributed by atoms with Crippen LogP contribution in [-0.4, -0.2) is 36.2 Å². The van der Waals surface area contributed by atoms with Crippen LogP contribution in [0.2, 0.25) is 0 Å². The number of hydrogen-bond acceptors (Lipinski definition) is 7. The van der Waals surface area contributed by atoms with Gasteiger partial charge in [-0.25, -0.2) is 4.98 Å². The molecule has 0 fully saturated rings. The van der Waals surface area contributed by atoms with Gasteiger partial charge < -0.3 is 5.32 Å². The van der Waals surface area contributed by atoms with E-state index in [1.54, 1.807) is 43.6 Å². The number of hydrogen-bond donors (Lipinski definition) is 2. The first-order valence-corrected chi connectivity index (χ1v) is 8.46. The third kappa shape index (κ3) is 4.03. The Hall–Kier alpha value is -3.27. The van der Waals surface area contributed by atoms with Gasteiger partial charge in [0.1, 0.15) is 5.69 Å². The lowest BCUT2D eigenvalue weighted by Gasteiger charge is -2.10. The monoisotopic (exact) mass is 370 g/mol. The molecule has 0 saturated heterocycles. The first kappa shape index (κ1) is 17.5. The molecule has 0 aliphatic rings. The molecule has 26 heavy (non-hydrogen) atoms. The zero-order valence-corrected chi connectivity index (χ0v) is 14.4. The van der Waals surface area contributed by atoms with Gasteiger partial charge in [-0.3, -0.25) is 25.0 Å². The van der Waals surface area contributed by atoms with Crippen molar-refractivity contribution in [3.63, 3.8) is 0 Å². The molecule has 2 N–H and O–H groups in total. The van der Waals surface area contributed by atoms with E-state index in [9.17, 15) is 14.9 Å². The molecule has 0 unspecified atom stereocenters. The van der Waals surface area contributed by atoms with E-state index in [1.807, 2.05) is 0 Å². The highest BCUT2D eigenvalue weighted by molar-refractivity contribution is 8.00. The maximum atomic E-state index is 12.3.